The van der Waals surface area contributed by atoms with Crippen molar-refractivity contribution in [2.24, 2.45) is 0 Å². The summed E-state index contributed by atoms with van der Waals surface area (Å²) < 4.78 is 9.54. The fraction of sp³-hybridized carbons (Fsp3) is 0.667. The third kappa shape index (κ3) is 9.37. The Hall–Kier alpha value is 1.33. The Morgan fingerprint density at radius 3 is 1.70 bits per heavy atom. The molecule has 0 saturated carbocycles. The minimum atomic E-state index is -2.48. The standard InChI is InChI=1S/C9H12O8.3Na/c10-6(11)1-9(8(14)15,2-7(12)13)17-4-5-3-16-5;;;/h5H,1-4H2,(H,10,11)(H,12,13)(H,14,15);;;/q;3*+1/p-3. The van der Waals surface area contributed by atoms with E-state index in [2.05, 4.69) is 0 Å². The van der Waals surface area contributed by atoms with Gasteiger partial charge >= 0.3 is 88.7 Å². The summed E-state index contributed by atoms with van der Waals surface area (Å²) in [7, 11) is 0. The summed E-state index contributed by atoms with van der Waals surface area (Å²) in [5.41, 5.74) is -2.48. The van der Waals surface area contributed by atoms with Gasteiger partial charge in [0, 0.05) is 24.8 Å². The van der Waals surface area contributed by atoms with E-state index in [0.717, 1.165) is 0 Å². The molecule has 1 atom stereocenters. The number of hydrogen-bond donors (Lipinski definition) is 0. The van der Waals surface area contributed by atoms with Crippen molar-refractivity contribution < 1.29 is 128 Å². The predicted molar refractivity (Wildman–Crippen MR) is 42.7 cm³/mol. The Kier molecular flexibility index (Phi) is 15.5. The van der Waals surface area contributed by atoms with Crippen LogP contribution in [-0.2, 0) is 23.9 Å². The number of carboxylic acids is 3. The quantitative estimate of drug-likeness (QED) is 0.317. The molecule has 1 aliphatic rings. The van der Waals surface area contributed by atoms with Gasteiger partial charge in [-0.2, -0.15) is 0 Å². The topological polar surface area (TPSA) is 142 Å². The van der Waals surface area contributed by atoms with Crippen LogP contribution in [0.5, 0.6) is 0 Å². The Labute approximate surface area is 181 Å². The van der Waals surface area contributed by atoms with Gasteiger partial charge < -0.3 is 39.2 Å². The van der Waals surface area contributed by atoms with E-state index in [-0.39, 0.29) is 101 Å². The molecule has 0 aromatic heterocycles. The van der Waals surface area contributed by atoms with Crippen molar-refractivity contribution in [1.29, 1.82) is 0 Å². The average molecular weight is 314 g/mol. The molecular formula is C9H9Na3O8. The molecule has 0 spiro atoms. The van der Waals surface area contributed by atoms with Crippen molar-refractivity contribution >= 4 is 17.9 Å². The Bertz CT molecular complexity index is 328. The second-order valence-electron chi connectivity index (χ2n) is 3.65. The normalized spacial score (nSPS) is 15.9. The molecule has 11 heteroatoms. The van der Waals surface area contributed by atoms with Crippen molar-refractivity contribution in [2.45, 2.75) is 24.5 Å². The average Bonchev–Trinajstić information content (AvgIpc) is 2.95. The second-order valence-corrected chi connectivity index (χ2v) is 3.65. The number of carbonyl (C=O) groups excluding carboxylic acids is 3. The van der Waals surface area contributed by atoms with Gasteiger partial charge in [-0.05, 0) is 0 Å². The first kappa shape index (κ1) is 26.2. The molecule has 0 N–H and O–H groups in total. The second kappa shape index (κ2) is 11.8. The van der Waals surface area contributed by atoms with Gasteiger partial charge in [-0.15, -0.1) is 0 Å². The van der Waals surface area contributed by atoms with Crippen LogP contribution in [0.25, 0.3) is 0 Å². The summed E-state index contributed by atoms with van der Waals surface area (Å²) in [5, 5.41) is 31.7. The SMILES string of the molecule is O=C([O-])CC(CC(=O)[O-])(OCC1CO1)C(=O)[O-].[Na+].[Na+].[Na+]. The summed E-state index contributed by atoms with van der Waals surface area (Å²) >= 11 is 0. The number of rotatable bonds is 8. The molecule has 0 amide bonds. The van der Waals surface area contributed by atoms with Gasteiger partial charge in [-0.1, -0.05) is 0 Å². The summed E-state index contributed by atoms with van der Waals surface area (Å²) in [6.45, 7) is 0.119. The summed E-state index contributed by atoms with van der Waals surface area (Å²) in [6.07, 6.45) is -2.61. The maximum atomic E-state index is 10.9. The minimum Gasteiger partial charge on any atom is -0.550 e. The molecule has 96 valence electrons. The summed E-state index contributed by atoms with van der Waals surface area (Å²) in [5.74, 6) is -5.45. The van der Waals surface area contributed by atoms with Crippen LogP contribution in [0, 0.1) is 0 Å². The van der Waals surface area contributed by atoms with Crippen molar-refractivity contribution in [3.8, 4) is 0 Å². The maximum Gasteiger partial charge on any atom is 1.00 e. The molecule has 1 fully saturated rings. The first-order chi connectivity index (χ1) is 7.85. The first-order valence-corrected chi connectivity index (χ1v) is 4.72. The molecule has 0 aromatic carbocycles. The van der Waals surface area contributed by atoms with Crippen molar-refractivity contribution in [3.63, 3.8) is 0 Å². The van der Waals surface area contributed by atoms with Gasteiger partial charge in [0.25, 0.3) is 0 Å². The minimum absolute atomic E-state index is 0. The molecule has 20 heavy (non-hydrogen) atoms. The van der Waals surface area contributed by atoms with Crippen molar-refractivity contribution in [2.75, 3.05) is 13.2 Å². The molecule has 0 aromatic rings. The zero-order valence-corrected chi connectivity index (χ0v) is 17.7. The Balaban J connectivity index is -0.000000963. The predicted octanol–water partition coefficient (Wildman–Crippen LogP) is -13.8. The van der Waals surface area contributed by atoms with Crippen LogP contribution in [-0.4, -0.2) is 42.8 Å². The molecule has 0 aliphatic carbocycles. The van der Waals surface area contributed by atoms with E-state index in [9.17, 15) is 29.7 Å². The largest absolute Gasteiger partial charge is 1.00 e. The molecular weight excluding hydrogens is 305 g/mol. The fourth-order valence-electron chi connectivity index (χ4n) is 1.25. The van der Waals surface area contributed by atoms with Gasteiger partial charge in [-0.3, -0.25) is 0 Å². The van der Waals surface area contributed by atoms with Crippen LogP contribution < -0.4 is 104 Å². The van der Waals surface area contributed by atoms with Gasteiger partial charge in [0.05, 0.1) is 19.2 Å². The summed E-state index contributed by atoms with van der Waals surface area (Å²) in [4.78, 5) is 31.7. The first-order valence-electron chi connectivity index (χ1n) is 4.72. The number of aliphatic carboxylic acids is 3. The van der Waals surface area contributed by atoms with Gasteiger partial charge in [0.1, 0.15) is 11.7 Å². The fourth-order valence-corrected chi connectivity index (χ4v) is 1.25. The Morgan fingerprint density at radius 1 is 1.05 bits per heavy atom. The number of carbonyl (C=O) groups is 3. The van der Waals surface area contributed by atoms with Crippen molar-refractivity contribution in [3.05, 3.63) is 0 Å². The van der Waals surface area contributed by atoms with Gasteiger partial charge in [0.15, 0.2) is 0 Å². The van der Waals surface area contributed by atoms with Crippen LogP contribution in [0.15, 0.2) is 0 Å². The third-order valence-electron chi connectivity index (χ3n) is 2.18. The number of ether oxygens (including phenoxy) is 2. The van der Waals surface area contributed by atoms with E-state index in [0.29, 0.717) is 6.61 Å². The molecule has 8 nitrogen and oxygen atoms in total. The monoisotopic (exact) mass is 314 g/mol. The molecule has 1 unspecified atom stereocenters. The number of epoxide rings is 1. The Morgan fingerprint density at radius 2 is 1.45 bits per heavy atom. The summed E-state index contributed by atoms with van der Waals surface area (Å²) in [6, 6.07) is 0. The zero-order chi connectivity index (χ0) is 13.1. The zero-order valence-electron chi connectivity index (χ0n) is 11.7. The van der Waals surface area contributed by atoms with Gasteiger partial charge in [0.2, 0.25) is 0 Å². The van der Waals surface area contributed by atoms with E-state index in [1.807, 2.05) is 0 Å². The number of hydrogen-bond acceptors (Lipinski definition) is 8. The van der Waals surface area contributed by atoms with Crippen LogP contribution in [0.4, 0.5) is 0 Å². The molecule has 1 heterocycles. The van der Waals surface area contributed by atoms with E-state index >= 15 is 0 Å². The number of carboxylic acid groups (broad SMARTS) is 3. The molecule has 1 aliphatic heterocycles. The van der Waals surface area contributed by atoms with Crippen molar-refractivity contribution in [1.82, 2.24) is 0 Å². The van der Waals surface area contributed by atoms with Crippen LogP contribution >= 0.6 is 0 Å². The molecule has 1 rings (SSSR count). The van der Waals surface area contributed by atoms with E-state index in [1.165, 1.54) is 0 Å². The molecule has 1 saturated heterocycles. The molecule has 0 bridgehead atoms. The maximum absolute atomic E-state index is 10.9. The van der Waals surface area contributed by atoms with Crippen LogP contribution in [0.2, 0.25) is 0 Å². The van der Waals surface area contributed by atoms with E-state index in [1.54, 1.807) is 0 Å². The smallest absolute Gasteiger partial charge is 0.550 e. The van der Waals surface area contributed by atoms with Crippen LogP contribution in [0.1, 0.15) is 12.8 Å². The third-order valence-corrected chi connectivity index (χ3v) is 2.18. The van der Waals surface area contributed by atoms with E-state index < -0.39 is 36.4 Å². The van der Waals surface area contributed by atoms with Crippen LogP contribution in [0.3, 0.4) is 0 Å². The molecule has 0 radical (unpaired) electrons. The van der Waals surface area contributed by atoms with E-state index in [4.69, 9.17) is 9.47 Å². The van der Waals surface area contributed by atoms with Gasteiger partial charge in [-0.25, -0.2) is 0 Å².